The molecule has 1 aromatic heterocycles. The van der Waals surface area contributed by atoms with E-state index in [4.69, 9.17) is 21.3 Å². The van der Waals surface area contributed by atoms with Gasteiger partial charge in [0.25, 0.3) is 5.91 Å². The summed E-state index contributed by atoms with van der Waals surface area (Å²) in [7, 11) is 0. The van der Waals surface area contributed by atoms with E-state index < -0.39 is 6.10 Å². The van der Waals surface area contributed by atoms with Gasteiger partial charge in [-0.05, 0) is 44.0 Å². The van der Waals surface area contributed by atoms with Crippen LogP contribution in [-0.2, 0) is 4.79 Å². The van der Waals surface area contributed by atoms with E-state index in [1.807, 2.05) is 29.2 Å². The second-order valence-corrected chi connectivity index (χ2v) is 8.28. The van der Waals surface area contributed by atoms with E-state index in [0.717, 1.165) is 31.4 Å². The van der Waals surface area contributed by atoms with Crippen LogP contribution in [0.1, 0.15) is 30.7 Å². The van der Waals surface area contributed by atoms with E-state index in [2.05, 4.69) is 12.1 Å². The van der Waals surface area contributed by atoms with E-state index >= 15 is 0 Å². The molecule has 0 spiro atoms. The molecule has 1 aliphatic rings. The average Bonchev–Trinajstić information content (AvgIpc) is 3.13. The molecule has 1 aliphatic heterocycles. The van der Waals surface area contributed by atoms with Crippen LogP contribution in [0.2, 0.25) is 5.02 Å². The molecule has 1 atom stereocenters. The molecule has 0 N–H and O–H groups in total. The minimum absolute atomic E-state index is 0.0117. The van der Waals surface area contributed by atoms with E-state index in [-0.39, 0.29) is 5.91 Å². The summed E-state index contributed by atoms with van der Waals surface area (Å²) in [5.74, 6) is 0.980. The van der Waals surface area contributed by atoms with E-state index in [9.17, 15) is 4.79 Å². The molecule has 1 saturated heterocycles. The van der Waals surface area contributed by atoms with Gasteiger partial charge >= 0.3 is 0 Å². The van der Waals surface area contributed by atoms with Crippen LogP contribution >= 0.6 is 22.9 Å². The summed E-state index contributed by atoms with van der Waals surface area (Å²) < 4.78 is 7.01. The summed E-state index contributed by atoms with van der Waals surface area (Å²) >= 11 is 7.89. The van der Waals surface area contributed by atoms with Crippen molar-refractivity contribution < 1.29 is 9.53 Å². The Hall–Kier alpha value is -2.11. The van der Waals surface area contributed by atoms with Crippen LogP contribution in [0.15, 0.2) is 48.5 Å². The van der Waals surface area contributed by atoms with Gasteiger partial charge in [-0.2, -0.15) is 0 Å². The van der Waals surface area contributed by atoms with Crippen LogP contribution in [0.25, 0.3) is 10.2 Å². The number of halogens is 1. The van der Waals surface area contributed by atoms with Gasteiger partial charge in [0.05, 0.1) is 20.2 Å². The number of carbonyl (C=O) groups excluding carboxylic acids is 1. The first-order chi connectivity index (χ1) is 13.1. The van der Waals surface area contributed by atoms with Crippen molar-refractivity contribution in [2.24, 2.45) is 0 Å². The number of amides is 1. The summed E-state index contributed by atoms with van der Waals surface area (Å²) in [5, 5.41) is 1.70. The van der Waals surface area contributed by atoms with Gasteiger partial charge in [-0.25, -0.2) is 4.98 Å². The predicted molar refractivity (Wildman–Crippen MR) is 110 cm³/mol. The van der Waals surface area contributed by atoms with Crippen molar-refractivity contribution >= 4 is 39.1 Å². The molecule has 0 aliphatic carbocycles. The van der Waals surface area contributed by atoms with Gasteiger partial charge in [-0.1, -0.05) is 35.9 Å². The van der Waals surface area contributed by atoms with Crippen molar-refractivity contribution in [2.45, 2.75) is 31.8 Å². The molecule has 4 nitrogen and oxygen atoms in total. The average molecular weight is 401 g/mol. The van der Waals surface area contributed by atoms with Crippen LogP contribution in [0.5, 0.6) is 5.75 Å². The molecule has 6 heteroatoms. The Morgan fingerprint density at radius 3 is 2.63 bits per heavy atom. The van der Waals surface area contributed by atoms with E-state index in [0.29, 0.717) is 16.7 Å². The summed E-state index contributed by atoms with van der Waals surface area (Å²) in [6.07, 6.45) is 1.32. The minimum atomic E-state index is -0.552. The summed E-state index contributed by atoms with van der Waals surface area (Å²) in [6.45, 7) is 3.25. The molecule has 1 unspecified atom stereocenters. The van der Waals surface area contributed by atoms with Crippen molar-refractivity contribution in [3.05, 3.63) is 58.6 Å². The number of aromatic nitrogens is 1. The molecule has 0 bridgehead atoms. The number of rotatable bonds is 4. The van der Waals surface area contributed by atoms with Crippen LogP contribution < -0.4 is 4.74 Å². The fourth-order valence-electron chi connectivity index (χ4n) is 3.45. The number of piperidine rings is 1. The molecular weight excluding hydrogens is 380 g/mol. The molecule has 1 fully saturated rings. The van der Waals surface area contributed by atoms with Gasteiger partial charge in [0.15, 0.2) is 6.10 Å². The number of thiazole rings is 1. The van der Waals surface area contributed by atoms with E-state index in [1.165, 1.54) is 9.71 Å². The second-order valence-electron chi connectivity index (χ2n) is 6.81. The zero-order valence-corrected chi connectivity index (χ0v) is 16.7. The summed E-state index contributed by atoms with van der Waals surface area (Å²) in [6, 6.07) is 15.5. The topological polar surface area (TPSA) is 42.4 Å². The standard InChI is InChI=1S/C21H21ClN2O2S/c1-14(26-18-8-4-2-6-16(18)22)21(25)24-12-10-15(11-13-24)20-23-17-7-3-5-9-19(17)27-20/h2-9,14-15H,10-13H2,1H3. The molecule has 27 heavy (non-hydrogen) atoms. The molecule has 140 valence electrons. The lowest BCUT2D eigenvalue weighted by atomic mass is 9.97. The second kappa shape index (κ2) is 7.87. The van der Waals surface area contributed by atoms with Crippen LogP contribution in [0.4, 0.5) is 0 Å². The third-order valence-corrected chi connectivity index (χ3v) is 6.47. The molecule has 0 saturated carbocycles. The number of benzene rings is 2. The summed E-state index contributed by atoms with van der Waals surface area (Å²) in [4.78, 5) is 19.4. The molecular formula is C21H21ClN2O2S. The van der Waals surface area contributed by atoms with Gasteiger partial charge in [0.2, 0.25) is 0 Å². The third kappa shape index (κ3) is 3.94. The van der Waals surface area contributed by atoms with Crippen molar-refractivity contribution in [3.8, 4) is 5.75 Å². The highest BCUT2D eigenvalue weighted by Gasteiger charge is 2.29. The van der Waals surface area contributed by atoms with E-state index in [1.54, 1.807) is 30.4 Å². The number of hydrogen-bond acceptors (Lipinski definition) is 4. The Labute approximate surface area is 167 Å². The van der Waals surface area contributed by atoms with Gasteiger partial charge in [0.1, 0.15) is 5.75 Å². The number of hydrogen-bond donors (Lipinski definition) is 0. The lowest BCUT2D eigenvalue weighted by molar-refractivity contribution is -0.139. The maximum absolute atomic E-state index is 12.7. The predicted octanol–water partition coefficient (Wildman–Crippen LogP) is 5.12. The zero-order valence-electron chi connectivity index (χ0n) is 15.1. The number of para-hydroxylation sites is 2. The van der Waals surface area contributed by atoms with Gasteiger partial charge in [-0.3, -0.25) is 4.79 Å². The lowest BCUT2D eigenvalue weighted by Gasteiger charge is -2.32. The molecule has 1 amide bonds. The molecule has 4 rings (SSSR count). The quantitative estimate of drug-likeness (QED) is 0.610. The number of carbonyl (C=O) groups is 1. The van der Waals surface area contributed by atoms with Gasteiger partial charge in [0, 0.05) is 19.0 Å². The van der Waals surface area contributed by atoms with Crippen molar-refractivity contribution in [1.29, 1.82) is 0 Å². The Morgan fingerprint density at radius 2 is 1.89 bits per heavy atom. The maximum Gasteiger partial charge on any atom is 0.263 e. The maximum atomic E-state index is 12.7. The van der Waals surface area contributed by atoms with Gasteiger partial charge < -0.3 is 9.64 Å². The monoisotopic (exact) mass is 400 g/mol. The number of likely N-dealkylation sites (tertiary alicyclic amines) is 1. The number of ether oxygens (including phenoxy) is 1. The number of fused-ring (bicyclic) bond motifs is 1. The zero-order chi connectivity index (χ0) is 18.8. The number of nitrogens with zero attached hydrogens (tertiary/aromatic N) is 2. The van der Waals surface area contributed by atoms with Crippen LogP contribution in [0, 0.1) is 0 Å². The van der Waals surface area contributed by atoms with Crippen molar-refractivity contribution in [2.75, 3.05) is 13.1 Å². The highest BCUT2D eigenvalue weighted by molar-refractivity contribution is 7.18. The Bertz CT molecular complexity index is 917. The Balaban J connectivity index is 1.36. The first-order valence-electron chi connectivity index (χ1n) is 9.17. The summed E-state index contributed by atoms with van der Waals surface area (Å²) in [5.41, 5.74) is 1.07. The normalized spacial score (nSPS) is 16.4. The first kappa shape index (κ1) is 18.3. The SMILES string of the molecule is CC(Oc1ccccc1Cl)C(=O)N1CCC(c2nc3ccccc3s2)CC1. The lowest BCUT2D eigenvalue weighted by Crippen LogP contribution is -2.44. The highest BCUT2D eigenvalue weighted by Crippen LogP contribution is 2.34. The Morgan fingerprint density at radius 1 is 1.19 bits per heavy atom. The molecule has 2 aromatic carbocycles. The van der Waals surface area contributed by atoms with Crippen LogP contribution in [0.3, 0.4) is 0 Å². The molecule has 2 heterocycles. The first-order valence-corrected chi connectivity index (χ1v) is 10.4. The largest absolute Gasteiger partial charge is 0.479 e. The Kier molecular flexibility index (Phi) is 5.32. The van der Waals surface area contributed by atoms with Crippen molar-refractivity contribution in [3.63, 3.8) is 0 Å². The highest BCUT2D eigenvalue weighted by atomic mass is 35.5. The van der Waals surface area contributed by atoms with Gasteiger partial charge in [-0.15, -0.1) is 11.3 Å². The fraction of sp³-hybridized carbons (Fsp3) is 0.333. The smallest absolute Gasteiger partial charge is 0.263 e. The molecule has 3 aromatic rings. The third-order valence-electron chi connectivity index (χ3n) is 4.95. The minimum Gasteiger partial charge on any atom is -0.479 e. The van der Waals surface area contributed by atoms with Crippen molar-refractivity contribution in [1.82, 2.24) is 9.88 Å². The fourth-order valence-corrected chi connectivity index (χ4v) is 4.77. The molecule has 0 radical (unpaired) electrons. The van der Waals surface area contributed by atoms with Crippen LogP contribution in [-0.4, -0.2) is 35.0 Å².